The fraction of sp³-hybridized carbons (Fsp3) is 0.286. The minimum absolute atomic E-state index is 0.0275. The van der Waals surface area contributed by atoms with Crippen LogP contribution in [0.1, 0.15) is 5.56 Å². The van der Waals surface area contributed by atoms with Crippen molar-refractivity contribution in [3.05, 3.63) is 76.0 Å². The zero-order valence-corrected chi connectivity index (χ0v) is 17.7. The average molecular weight is 445 g/mol. The van der Waals surface area contributed by atoms with Crippen molar-refractivity contribution in [1.82, 2.24) is 14.7 Å². The van der Waals surface area contributed by atoms with E-state index < -0.39 is 11.6 Å². The van der Waals surface area contributed by atoms with E-state index in [1.165, 1.54) is 12.1 Å². The Kier molecular flexibility index (Phi) is 6.19. The summed E-state index contributed by atoms with van der Waals surface area (Å²) in [6, 6.07) is 10.2. The van der Waals surface area contributed by atoms with Gasteiger partial charge in [0.15, 0.2) is 0 Å². The number of benzene rings is 2. The van der Waals surface area contributed by atoms with Crippen LogP contribution in [0.4, 0.5) is 20.2 Å². The Morgan fingerprint density at radius 3 is 2.45 bits per heavy atom. The molecule has 1 aliphatic rings. The van der Waals surface area contributed by atoms with E-state index in [1.54, 1.807) is 29.1 Å². The van der Waals surface area contributed by atoms with Gasteiger partial charge in [0.2, 0.25) is 0 Å². The highest BCUT2D eigenvalue weighted by molar-refractivity contribution is 7.99. The number of nitrogens with zero attached hydrogens (tertiary/aromatic N) is 5. The minimum atomic E-state index is -0.663. The minimum Gasteiger partial charge on any atom is -0.369 e. The van der Waals surface area contributed by atoms with E-state index in [9.17, 15) is 18.9 Å². The van der Waals surface area contributed by atoms with Gasteiger partial charge in [-0.3, -0.25) is 14.8 Å². The van der Waals surface area contributed by atoms with Crippen LogP contribution in [-0.2, 0) is 6.54 Å². The summed E-state index contributed by atoms with van der Waals surface area (Å²) in [6.07, 6.45) is 1.56. The van der Waals surface area contributed by atoms with Gasteiger partial charge in [0.1, 0.15) is 11.6 Å². The van der Waals surface area contributed by atoms with Gasteiger partial charge in [-0.15, -0.1) is 0 Å². The molecule has 2 aromatic carbocycles. The van der Waals surface area contributed by atoms with E-state index in [1.807, 2.05) is 6.07 Å². The molecular weight excluding hydrogens is 424 g/mol. The normalized spacial score (nSPS) is 14.7. The number of piperazine rings is 1. The van der Waals surface area contributed by atoms with Gasteiger partial charge in [0.05, 0.1) is 28.3 Å². The summed E-state index contributed by atoms with van der Waals surface area (Å²) >= 11 is 1.15. The number of hydrogen-bond donors (Lipinski definition) is 0. The Hall–Kier alpha value is -2.98. The summed E-state index contributed by atoms with van der Waals surface area (Å²) in [6.45, 7) is 3.62. The largest absolute Gasteiger partial charge is 0.369 e. The molecule has 1 saturated heterocycles. The van der Waals surface area contributed by atoms with Gasteiger partial charge >= 0.3 is 0 Å². The van der Waals surface area contributed by atoms with Crippen molar-refractivity contribution in [3.63, 3.8) is 0 Å². The first-order valence-corrected chi connectivity index (χ1v) is 10.6. The van der Waals surface area contributed by atoms with Gasteiger partial charge < -0.3 is 9.80 Å². The second-order valence-electron chi connectivity index (χ2n) is 7.39. The summed E-state index contributed by atoms with van der Waals surface area (Å²) in [5.74, 6) is -1.33. The number of anilines is 1. The quantitative estimate of drug-likeness (QED) is 0.422. The molecule has 0 bridgehead atoms. The Morgan fingerprint density at radius 1 is 1.06 bits per heavy atom. The van der Waals surface area contributed by atoms with Crippen LogP contribution >= 0.6 is 11.8 Å². The van der Waals surface area contributed by atoms with Crippen LogP contribution in [0.15, 0.2) is 58.6 Å². The van der Waals surface area contributed by atoms with Crippen molar-refractivity contribution >= 4 is 23.1 Å². The highest BCUT2D eigenvalue weighted by Gasteiger charge is 2.21. The van der Waals surface area contributed by atoms with E-state index in [2.05, 4.69) is 21.9 Å². The van der Waals surface area contributed by atoms with Crippen molar-refractivity contribution < 1.29 is 13.7 Å². The van der Waals surface area contributed by atoms with E-state index in [0.29, 0.717) is 15.5 Å². The molecular formula is C21H21F2N5O2S. The SMILES string of the molecule is CN1CCN(c2ccc(Cn3nccc3Sc3cc(F)cc(F)c3)c([N+](=O)[O-])c2)CC1. The van der Waals surface area contributed by atoms with Crippen molar-refractivity contribution in [3.8, 4) is 0 Å². The van der Waals surface area contributed by atoms with Crippen molar-refractivity contribution in [2.75, 3.05) is 38.1 Å². The lowest BCUT2D eigenvalue weighted by Gasteiger charge is -2.34. The maximum absolute atomic E-state index is 13.5. The maximum Gasteiger partial charge on any atom is 0.276 e. The monoisotopic (exact) mass is 445 g/mol. The van der Waals surface area contributed by atoms with Crippen molar-refractivity contribution in [1.29, 1.82) is 0 Å². The molecule has 0 spiro atoms. The van der Waals surface area contributed by atoms with Crippen LogP contribution in [-0.4, -0.2) is 52.8 Å². The van der Waals surface area contributed by atoms with Crippen LogP contribution in [0.5, 0.6) is 0 Å². The summed E-state index contributed by atoms with van der Waals surface area (Å²) < 4.78 is 28.6. The molecule has 1 aliphatic heterocycles. The Morgan fingerprint density at radius 2 is 1.77 bits per heavy atom. The zero-order valence-electron chi connectivity index (χ0n) is 16.9. The summed E-state index contributed by atoms with van der Waals surface area (Å²) in [4.78, 5) is 16.1. The van der Waals surface area contributed by atoms with Crippen LogP contribution in [0, 0.1) is 21.7 Å². The Bertz CT molecular complexity index is 1080. The van der Waals surface area contributed by atoms with Crippen LogP contribution in [0.2, 0.25) is 0 Å². The second kappa shape index (κ2) is 9.03. The number of rotatable bonds is 6. The Labute approximate surface area is 182 Å². The van der Waals surface area contributed by atoms with Gasteiger partial charge in [-0.05, 0) is 37.4 Å². The fourth-order valence-corrected chi connectivity index (χ4v) is 4.44. The third kappa shape index (κ3) is 5.02. The predicted octanol–water partition coefficient (Wildman–Crippen LogP) is 4.02. The lowest BCUT2D eigenvalue weighted by Crippen LogP contribution is -2.44. The van der Waals surface area contributed by atoms with E-state index in [0.717, 1.165) is 49.7 Å². The van der Waals surface area contributed by atoms with Gasteiger partial charge in [-0.2, -0.15) is 5.10 Å². The van der Waals surface area contributed by atoms with Crippen molar-refractivity contribution in [2.45, 2.75) is 16.5 Å². The second-order valence-corrected chi connectivity index (χ2v) is 8.49. The topological polar surface area (TPSA) is 67.4 Å². The molecule has 7 nitrogen and oxygen atoms in total. The molecule has 0 aliphatic carbocycles. The average Bonchev–Trinajstić information content (AvgIpc) is 3.14. The first-order valence-electron chi connectivity index (χ1n) is 9.75. The summed E-state index contributed by atoms with van der Waals surface area (Å²) in [5, 5.41) is 16.6. The lowest BCUT2D eigenvalue weighted by atomic mass is 10.1. The molecule has 4 rings (SSSR count). The van der Waals surface area contributed by atoms with Crippen LogP contribution < -0.4 is 4.90 Å². The summed E-state index contributed by atoms with van der Waals surface area (Å²) in [7, 11) is 2.06. The number of hydrogen-bond acceptors (Lipinski definition) is 6. The molecule has 0 atom stereocenters. The molecule has 162 valence electrons. The number of aromatic nitrogens is 2. The third-order valence-corrected chi connectivity index (χ3v) is 6.22. The predicted molar refractivity (Wildman–Crippen MR) is 115 cm³/mol. The molecule has 1 fully saturated rings. The van der Waals surface area contributed by atoms with Gasteiger partial charge in [0, 0.05) is 48.9 Å². The Balaban J connectivity index is 1.57. The molecule has 0 amide bonds. The number of nitro groups is 1. The van der Waals surface area contributed by atoms with Gasteiger partial charge in [0.25, 0.3) is 5.69 Å². The van der Waals surface area contributed by atoms with Gasteiger partial charge in [-0.1, -0.05) is 11.8 Å². The highest BCUT2D eigenvalue weighted by Crippen LogP contribution is 2.31. The first kappa shape index (κ1) is 21.3. The third-order valence-electron chi connectivity index (χ3n) is 5.19. The molecule has 1 aromatic heterocycles. The van der Waals surface area contributed by atoms with E-state index >= 15 is 0 Å². The zero-order chi connectivity index (χ0) is 22.0. The maximum atomic E-state index is 13.5. The lowest BCUT2D eigenvalue weighted by molar-refractivity contribution is -0.385. The standard InChI is InChI=1S/C21H21F2N5O2S/c1-25-6-8-26(9-7-25)18-3-2-15(20(13-18)28(29)30)14-27-21(4-5-24-27)31-19-11-16(22)10-17(23)12-19/h2-5,10-13H,6-9,14H2,1H3. The smallest absolute Gasteiger partial charge is 0.276 e. The molecule has 2 heterocycles. The number of nitro benzene ring substituents is 1. The molecule has 10 heteroatoms. The number of likely N-dealkylation sites (N-methyl/N-ethyl adjacent to an activating group) is 1. The molecule has 0 radical (unpaired) electrons. The molecule has 31 heavy (non-hydrogen) atoms. The van der Waals surface area contributed by atoms with E-state index in [4.69, 9.17) is 0 Å². The van der Waals surface area contributed by atoms with Crippen LogP contribution in [0.25, 0.3) is 0 Å². The van der Waals surface area contributed by atoms with Gasteiger partial charge in [-0.25, -0.2) is 8.78 Å². The first-order chi connectivity index (χ1) is 14.9. The molecule has 0 N–H and O–H groups in total. The fourth-order valence-electron chi connectivity index (χ4n) is 3.51. The molecule has 3 aromatic rings. The number of halogens is 2. The van der Waals surface area contributed by atoms with E-state index in [-0.39, 0.29) is 17.2 Å². The summed E-state index contributed by atoms with van der Waals surface area (Å²) in [5.41, 5.74) is 1.37. The highest BCUT2D eigenvalue weighted by atomic mass is 32.2. The molecule has 0 saturated carbocycles. The van der Waals surface area contributed by atoms with Crippen LogP contribution in [0.3, 0.4) is 0 Å². The van der Waals surface area contributed by atoms with Crippen molar-refractivity contribution in [2.24, 2.45) is 0 Å². The molecule has 0 unspecified atom stereocenters.